The minimum atomic E-state index is -5.04. The summed E-state index contributed by atoms with van der Waals surface area (Å²) >= 11 is 12.9. The molecule has 0 aliphatic carbocycles. The molecule has 0 saturated carbocycles. The van der Waals surface area contributed by atoms with Crippen LogP contribution in [0.25, 0.3) is 0 Å². The van der Waals surface area contributed by atoms with Gasteiger partial charge in [-0.25, -0.2) is 0 Å². The van der Waals surface area contributed by atoms with Crippen molar-refractivity contribution in [2.45, 2.75) is 18.1 Å². The molecular weight excluding hydrogens is 489 g/mol. The number of carbonyl (C=O) groups is 1. The number of aliphatic imine (C=N–C) groups is 1. The zero-order valence-electron chi connectivity index (χ0n) is 15.3. The van der Waals surface area contributed by atoms with E-state index in [4.69, 9.17) is 23.2 Å². The van der Waals surface area contributed by atoms with Gasteiger partial charge in [0, 0.05) is 17.9 Å². The first-order valence-corrected chi connectivity index (χ1v) is 10.3. The van der Waals surface area contributed by atoms with E-state index >= 15 is 0 Å². The van der Waals surface area contributed by atoms with Crippen LogP contribution in [0.2, 0.25) is 10.0 Å². The minimum Gasteiger partial charge on any atom is -0.286 e. The van der Waals surface area contributed by atoms with Crippen molar-refractivity contribution in [2.75, 3.05) is 13.1 Å². The second kappa shape index (κ2) is 8.91. The highest BCUT2D eigenvalue weighted by molar-refractivity contribution is 8.13. The number of carbonyl (C=O) groups excluding carboxylic acids is 1. The molecule has 3 nitrogen and oxygen atoms in total. The Kier molecular flexibility index (Phi) is 6.83. The second-order valence-electron chi connectivity index (χ2n) is 6.45. The van der Waals surface area contributed by atoms with Crippen molar-refractivity contribution in [3.8, 4) is 0 Å². The molecule has 0 fully saturated rings. The summed E-state index contributed by atoms with van der Waals surface area (Å²) in [4.78, 5) is 18.0. The third kappa shape index (κ3) is 5.67. The number of hydrogen-bond donors (Lipinski definition) is 0. The Morgan fingerprint density at radius 2 is 1.58 bits per heavy atom. The molecule has 166 valence electrons. The van der Waals surface area contributed by atoms with Crippen LogP contribution in [-0.2, 0) is 18.1 Å². The third-order valence-corrected chi connectivity index (χ3v) is 6.06. The van der Waals surface area contributed by atoms with Crippen LogP contribution in [0.3, 0.4) is 0 Å². The lowest BCUT2D eigenvalue weighted by molar-refractivity contribution is -0.143. The van der Waals surface area contributed by atoms with Crippen molar-refractivity contribution in [3.05, 3.63) is 68.7 Å². The summed E-state index contributed by atoms with van der Waals surface area (Å²) in [5.74, 6) is -0.676. The van der Waals surface area contributed by atoms with E-state index in [-0.39, 0.29) is 24.3 Å². The van der Waals surface area contributed by atoms with Crippen LogP contribution in [0, 0.1) is 0 Å². The molecule has 31 heavy (non-hydrogen) atoms. The molecule has 0 bridgehead atoms. The number of benzene rings is 2. The zero-order valence-corrected chi connectivity index (χ0v) is 17.6. The second-order valence-corrected chi connectivity index (χ2v) is 8.21. The van der Waals surface area contributed by atoms with Crippen LogP contribution in [0.1, 0.15) is 27.0 Å². The molecule has 2 aromatic rings. The predicted octanol–water partition coefficient (Wildman–Crippen LogP) is 6.78. The van der Waals surface area contributed by atoms with E-state index in [9.17, 15) is 31.1 Å². The van der Waals surface area contributed by atoms with Crippen LogP contribution in [-0.4, -0.2) is 29.1 Å². The van der Waals surface area contributed by atoms with E-state index in [2.05, 4.69) is 4.99 Å². The van der Waals surface area contributed by atoms with Gasteiger partial charge in [0.1, 0.15) is 0 Å². The average molecular weight is 501 g/mol. The Hall–Kier alpha value is -1.91. The fourth-order valence-corrected chi connectivity index (χ4v) is 4.06. The molecule has 0 saturated heterocycles. The number of halogens is 8. The monoisotopic (exact) mass is 500 g/mol. The van der Waals surface area contributed by atoms with Crippen molar-refractivity contribution < 1.29 is 31.1 Å². The van der Waals surface area contributed by atoms with Gasteiger partial charge >= 0.3 is 12.4 Å². The smallest absolute Gasteiger partial charge is 0.286 e. The highest BCUT2D eigenvalue weighted by Crippen LogP contribution is 2.37. The van der Waals surface area contributed by atoms with Crippen molar-refractivity contribution in [3.63, 3.8) is 0 Å². The van der Waals surface area contributed by atoms with Gasteiger partial charge in [-0.15, -0.1) is 0 Å². The van der Waals surface area contributed by atoms with Gasteiger partial charge in [-0.3, -0.25) is 14.7 Å². The van der Waals surface area contributed by atoms with Crippen LogP contribution in [0.5, 0.6) is 0 Å². The number of thioether (sulfide) groups is 1. The number of amidine groups is 1. The molecule has 0 atom stereocenters. The van der Waals surface area contributed by atoms with Gasteiger partial charge < -0.3 is 0 Å². The zero-order chi connectivity index (χ0) is 23.0. The van der Waals surface area contributed by atoms with Crippen molar-refractivity contribution in [1.82, 2.24) is 4.90 Å². The van der Waals surface area contributed by atoms with Crippen LogP contribution in [0.4, 0.5) is 26.3 Å². The van der Waals surface area contributed by atoms with E-state index in [0.29, 0.717) is 27.9 Å². The lowest BCUT2D eigenvalue weighted by Gasteiger charge is -2.20. The molecule has 0 unspecified atom stereocenters. The molecule has 1 aliphatic heterocycles. The molecule has 1 amide bonds. The van der Waals surface area contributed by atoms with Crippen molar-refractivity contribution in [1.29, 1.82) is 0 Å². The fraction of sp³-hybridized carbons (Fsp3) is 0.263. The molecule has 3 rings (SSSR count). The average Bonchev–Trinajstić information content (AvgIpc) is 3.15. The van der Waals surface area contributed by atoms with E-state index < -0.39 is 35.0 Å². The van der Waals surface area contributed by atoms with Gasteiger partial charge in [-0.05, 0) is 35.9 Å². The van der Waals surface area contributed by atoms with Gasteiger partial charge in [-0.2, -0.15) is 26.3 Å². The van der Waals surface area contributed by atoms with Crippen LogP contribution < -0.4 is 0 Å². The maximum atomic E-state index is 13.1. The molecule has 2 aromatic carbocycles. The lowest BCUT2D eigenvalue weighted by atomic mass is 10.0. The Labute approximate surface area is 187 Å². The SMILES string of the molecule is O=C(c1cc(C(F)(F)F)cc(C(F)(F)F)c1)N1CCN=C1SCc1ccc(Cl)c(Cl)c1. The van der Waals surface area contributed by atoms with E-state index in [0.717, 1.165) is 22.2 Å². The van der Waals surface area contributed by atoms with Gasteiger partial charge in [0.2, 0.25) is 0 Å². The fourth-order valence-electron chi connectivity index (χ4n) is 2.75. The standard InChI is InChI=1S/C19H12Cl2F6N2OS/c20-14-2-1-10(5-15(14)21)9-31-17-28-3-4-29(17)16(30)11-6-12(18(22,23)24)8-13(7-11)19(25,26)27/h1-2,5-8H,3-4,9H2. The molecule has 1 heterocycles. The molecule has 0 spiro atoms. The van der Waals surface area contributed by atoms with Crippen LogP contribution >= 0.6 is 35.0 Å². The summed E-state index contributed by atoms with van der Waals surface area (Å²) in [6.07, 6.45) is -10.1. The largest absolute Gasteiger partial charge is 0.416 e. The molecule has 0 N–H and O–H groups in total. The maximum absolute atomic E-state index is 13.1. The number of alkyl halides is 6. The first-order valence-electron chi connectivity index (χ1n) is 8.59. The number of rotatable bonds is 3. The highest BCUT2D eigenvalue weighted by atomic mass is 35.5. The Morgan fingerprint density at radius 1 is 0.968 bits per heavy atom. The van der Waals surface area contributed by atoms with E-state index in [1.165, 1.54) is 0 Å². The molecule has 0 aromatic heterocycles. The van der Waals surface area contributed by atoms with E-state index in [1.54, 1.807) is 18.2 Å². The van der Waals surface area contributed by atoms with Gasteiger partial charge in [-0.1, -0.05) is 41.0 Å². The normalized spacial score (nSPS) is 14.7. The minimum absolute atomic E-state index is 0.0191. The number of amides is 1. The van der Waals surface area contributed by atoms with Gasteiger partial charge in [0.15, 0.2) is 5.17 Å². The van der Waals surface area contributed by atoms with Gasteiger partial charge in [0.05, 0.1) is 27.7 Å². The summed E-state index contributed by atoms with van der Waals surface area (Å²) in [5, 5.41) is 0.877. The van der Waals surface area contributed by atoms with Crippen molar-refractivity contribution in [2.24, 2.45) is 4.99 Å². The summed E-state index contributed by atoms with van der Waals surface area (Å²) in [7, 11) is 0. The predicted molar refractivity (Wildman–Crippen MR) is 108 cm³/mol. The van der Waals surface area contributed by atoms with Crippen LogP contribution in [0.15, 0.2) is 41.4 Å². The quantitative estimate of drug-likeness (QED) is 0.435. The summed E-state index contributed by atoms with van der Waals surface area (Å²) in [5.41, 5.74) is -3.06. The molecule has 0 radical (unpaired) electrons. The number of nitrogens with zero attached hydrogens (tertiary/aromatic N) is 2. The summed E-state index contributed by atoms with van der Waals surface area (Å²) in [6.45, 7) is 0.223. The van der Waals surface area contributed by atoms with Gasteiger partial charge in [0.25, 0.3) is 5.91 Å². The summed E-state index contributed by atoms with van der Waals surface area (Å²) in [6, 6.07) is 5.70. The lowest BCUT2D eigenvalue weighted by Crippen LogP contribution is -2.33. The topological polar surface area (TPSA) is 32.7 Å². The molecular formula is C19H12Cl2F6N2OS. The first kappa shape index (κ1) is 23.7. The highest BCUT2D eigenvalue weighted by Gasteiger charge is 2.38. The Balaban J connectivity index is 1.84. The third-order valence-electron chi connectivity index (χ3n) is 4.23. The molecule has 1 aliphatic rings. The molecule has 12 heteroatoms. The Bertz CT molecular complexity index is 1010. The summed E-state index contributed by atoms with van der Waals surface area (Å²) < 4.78 is 78.5. The Morgan fingerprint density at radius 3 is 2.13 bits per heavy atom. The number of hydrogen-bond acceptors (Lipinski definition) is 3. The maximum Gasteiger partial charge on any atom is 0.416 e. The van der Waals surface area contributed by atoms with E-state index in [1.807, 2.05) is 0 Å². The first-order chi connectivity index (χ1) is 14.4. The van der Waals surface area contributed by atoms with Crippen molar-refractivity contribution >= 4 is 46.0 Å².